The van der Waals surface area contributed by atoms with Crippen molar-refractivity contribution in [1.82, 2.24) is 15.1 Å². The van der Waals surface area contributed by atoms with E-state index in [-0.39, 0.29) is 18.1 Å². The van der Waals surface area contributed by atoms with E-state index < -0.39 is 0 Å². The zero-order valence-corrected chi connectivity index (χ0v) is 11.5. The van der Waals surface area contributed by atoms with Gasteiger partial charge in [-0.15, -0.1) is 0 Å². The summed E-state index contributed by atoms with van der Waals surface area (Å²) < 4.78 is 5.61. The van der Waals surface area contributed by atoms with Crippen LogP contribution in [-0.2, 0) is 9.53 Å². The molecule has 0 aromatic rings. The number of nitrogens with zero attached hydrogens (tertiary/aromatic N) is 2. The molecule has 100 valence electrons. The molecule has 0 atom stereocenters. The maximum atomic E-state index is 11.8. The number of likely N-dealkylation sites (N-methyl/N-ethyl adjacent to an activating group) is 1. The van der Waals surface area contributed by atoms with Crippen molar-refractivity contribution in [3.63, 3.8) is 0 Å². The molecule has 0 aromatic heterocycles. The van der Waals surface area contributed by atoms with E-state index in [1.807, 2.05) is 28.1 Å². The minimum Gasteiger partial charge on any atom is -0.363 e. The third-order valence-electron chi connectivity index (χ3n) is 3.07. The zero-order valence-electron chi connectivity index (χ0n) is 11.5. The van der Waals surface area contributed by atoms with Crippen LogP contribution in [0.3, 0.4) is 0 Å². The third kappa shape index (κ3) is 5.02. The highest BCUT2D eigenvalue weighted by atomic mass is 16.5. The minimum absolute atomic E-state index is 0.0666. The van der Waals surface area contributed by atoms with Gasteiger partial charge in [-0.2, -0.15) is 0 Å². The Balaban J connectivity index is 2.13. The molecule has 0 saturated carbocycles. The van der Waals surface area contributed by atoms with Gasteiger partial charge < -0.3 is 19.9 Å². The van der Waals surface area contributed by atoms with Gasteiger partial charge in [0.15, 0.2) is 0 Å². The Morgan fingerprint density at radius 3 is 2.41 bits per heavy atom. The van der Waals surface area contributed by atoms with Crippen molar-refractivity contribution in [2.75, 3.05) is 53.9 Å². The Labute approximate surface area is 104 Å². The average molecular weight is 243 g/mol. The molecule has 5 heteroatoms. The molecule has 1 aliphatic heterocycles. The molecule has 0 spiro atoms. The first-order valence-electron chi connectivity index (χ1n) is 6.16. The minimum atomic E-state index is -0.139. The summed E-state index contributed by atoms with van der Waals surface area (Å²) in [5.74, 6) is 0.0666. The van der Waals surface area contributed by atoms with Crippen LogP contribution in [0, 0.1) is 0 Å². The van der Waals surface area contributed by atoms with Gasteiger partial charge in [0, 0.05) is 26.7 Å². The quantitative estimate of drug-likeness (QED) is 0.671. The maximum absolute atomic E-state index is 11.8. The summed E-state index contributed by atoms with van der Waals surface area (Å²) in [7, 11) is 5.91. The molecule has 0 bridgehead atoms. The lowest BCUT2D eigenvalue weighted by Crippen LogP contribution is -2.59. The Morgan fingerprint density at radius 1 is 1.29 bits per heavy atom. The van der Waals surface area contributed by atoms with Gasteiger partial charge >= 0.3 is 0 Å². The molecular formula is C12H25N3O2. The van der Waals surface area contributed by atoms with Crippen molar-refractivity contribution in [2.24, 2.45) is 0 Å². The van der Waals surface area contributed by atoms with Gasteiger partial charge in [-0.1, -0.05) is 0 Å². The summed E-state index contributed by atoms with van der Waals surface area (Å²) in [6.07, 6.45) is 0.994. The molecule has 1 fully saturated rings. The third-order valence-corrected chi connectivity index (χ3v) is 3.07. The van der Waals surface area contributed by atoms with Gasteiger partial charge in [0.25, 0.3) is 0 Å². The summed E-state index contributed by atoms with van der Waals surface area (Å²) in [4.78, 5) is 15.6. The van der Waals surface area contributed by atoms with Gasteiger partial charge in [0.2, 0.25) is 5.91 Å². The molecule has 1 saturated heterocycles. The van der Waals surface area contributed by atoms with Gasteiger partial charge in [-0.05, 0) is 34.0 Å². The van der Waals surface area contributed by atoms with E-state index in [0.29, 0.717) is 0 Å². The lowest BCUT2D eigenvalue weighted by Gasteiger charge is -2.39. The van der Waals surface area contributed by atoms with Crippen LogP contribution in [-0.4, -0.2) is 75.2 Å². The predicted octanol–water partition coefficient (Wildman–Crippen LogP) is -0.225. The predicted molar refractivity (Wildman–Crippen MR) is 68.0 cm³/mol. The number of amides is 1. The van der Waals surface area contributed by atoms with Crippen LogP contribution in [0.25, 0.3) is 0 Å². The molecule has 1 heterocycles. The van der Waals surface area contributed by atoms with Crippen LogP contribution in [0.5, 0.6) is 0 Å². The molecule has 0 aliphatic carbocycles. The van der Waals surface area contributed by atoms with Crippen molar-refractivity contribution in [3.05, 3.63) is 0 Å². The highest BCUT2D eigenvalue weighted by Gasteiger charge is 2.33. The zero-order chi connectivity index (χ0) is 12.9. The van der Waals surface area contributed by atoms with E-state index in [1.165, 1.54) is 0 Å². The van der Waals surface area contributed by atoms with E-state index in [2.05, 4.69) is 10.2 Å². The Bertz CT molecular complexity index is 252. The van der Waals surface area contributed by atoms with Crippen molar-refractivity contribution in [3.8, 4) is 0 Å². The van der Waals surface area contributed by atoms with Crippen molar-refractivity contribution < 1.29 is 9.53 Å². The molecule has 1 N–H and O–H groups in total. The highest BCUT2D eigenvalue weighted by molar-refractivity contribution is 5.77. The van der Waals surface area contributed by atoms with Crippen LogP contribution in [0.2, 0.25) is 0 Å². The van der Waals surface area contributed by atoms with Gasteiger partial charge in [0.1, 0.15) is 6.61 Å². The first-order chi connectivity index (χ1) is 7.93. The number of hydrogen-bond acceptors (Lipinski definition) is 4. The number of carbonyl (C=O) groups is 1. The topological polar surface area (TPSA) is 44.8 Å². The summed E-state index contributed by atoms with van der Waals surface area (Å²) in [5, 5.41) is 3.15. The standard InChI is InChI=1S/C12H25N3O2/c1-12(9-13-10-12)17-8-11(16)15(4)7-5-6-14(2)3/h13H,5-10H2,1-4H3. The molecule has 1 aliphatic rings. The fourth-order valence-corrected chi connectivity index (χ4v) is 1.67. The fourth-order valence-electron chi connectivity index (χ4n) is 1.67. The highest BCUT2D eigenvalue weighted by Crippen LogP contribution is 2.14. The van der Waals surface area contributed by atoms with Crippen LogP contribution >= 0.6 is 0 Å². The van der Waals surface area contributed by atoms with Crippen LogP contribution in [0.15, 0.2) is 0 Å². The van der Waals surface area contributed by atoms with Crippen LogP contribution in [0.1, 0.15) is 13.3 Å². The summed E-state index contributed by atoms with van der Waals surface area (Å²) in [6.45, 7) is 5.68. The lowest BCUT2D eigenvalue weighted by atomic mass is 10.0. The summed E-state index contributed by atoms with van der Waals surface area (Å²) in [5.41, 5.74) is -0.139. The largest absolute Gasteiger partial charge is 0.363 e. The molecule has 5 nitrogen and oxygen atoms in total. The molecule has 0 radical (unpaired) electrons. The van der Waals surface area contributed by atoms with E-state index in [4.69, 9.17) is 4.74 Å². The van der Waals surface area contributed by atoms with Crippen molar-refractivity contribution >= 4 is 5.91 Å². The molecular weight excluding hydrogens is 218 g/mol. The second kappa shape index (κ2) is 6.33. The van der Waals surface area contributed by atoms with E-state index in [9.17, 15) is 4.79 Å². The van der Waals surface area contributed by atoms with Crippen LogP contribution in [0.4, 0.5) is 0 Å². The van der Waals surface area contributed by atoms with Crippen molar-refractivity contribution in [1.29, 1.82) is 0 Å². The maximum Gasteiger partial charge on any atom is 0.248 e. The second-order valence-corrected chi connectivity index (χ2v) is 5.31. The smallest absolute Gasteiger partial charge is 0.248 e. The molecule has 1 amide bonds. The Hall–Kier alpha value is -0.650. The monoisotopic (exact) mass is 243 g/mol. The first kappa shape index (κ1) is 14.4. The first-order valence-corrected chi connectivity index (χ1v) is 6.16. The van der Waals surface area contributed by atoms with Gasteiger partial charge in [-0.25, -0.2) is 0 Å². The van der Waals surface area contributed by atoms with E-state index >= 15 is 0 Å². The normalized spacial score (nSPS) is 17.9. The Kier molecular flexibility index (Phi) is 5.36. The SMILES string of the molecule is CN(C)CCCN(C)C(=O)COC1(C)CNC1. The second-order valence-electron chi connectivity index (χ2n) is 5.31. The number of ether oxygens (including phenoxy) is 1. The summed E-state index contributed by atoms with van der Waals surface area (Å²) >= 11 is 0. The van der Waals surface area contributed by atoms with E-state index in [1.54, 1.807) is 4.90 Å². The number of rotatable bonds is 7. The summed E-state index contributed by atoms with van der Waals surface area (Å²) in [6, 6.07) is 0. The number of nitrogens with one attached hydrogen (secondary N) is 1. The fraction of sp³-hybridized carbons (Fsp3) is 0.917. The molecule has 17 heavy (non-hydrogen) atoms. The van der Waals surface area contributed by atoms with Crippen LogP contribution < -0.4 is 5.32 Å². The van der Waals surface area contributed by atoms with E-state index in [0.717, 1.165) is 32.6 Å². The van der Waals surface area contributed by atoms with Gasteiger partial charge in [0.05, 0.1) is 5.60 Å². The van der Waals surface area contributed by atoms with Crippen molar-refractivity contribution in [2.45, 2.75) is 18.9 Å². The number of hydrogen-bond donors (Lipinski definition) is 1. The molecule has 1 rings (SSSR count). The molecule has 0 unspecified atom stereocenters. The average Bonchev–Trinajstić information content (AvgIpc) is 2.22. The molecule has 0 aromatic carbocycles. The number of carbonyl (C=O) groups excluding carboxylic acids is 1. The Morgan fingerprint density at radius 2 is 1.94 bits per heavy atom. The van der Waals surface area contributed by atoms with Gasteiger partial charge in [-0.3, -0.25) is 4.79 Å². The lowest BCUT2D eigenvalue weighted by molar-refractivity contribution is -0.144.